The summed E-state index contributed by atoms with van der Waals surface area (Å²) in [4.78, 5) is 12.4. The summed E-state index contributed by atoms with van der Waals surface area (Å²) < 4.78 is 27.7. The van der Waals surface area contributed by atoms with E-state index in [-0.39, 0.29) is 16.8 Å². The fourth-order valence-electron chi connectivity index (χ4n) is 3.07. The second kappa shape index (κ2) is 8.20. The van der Waals surface area contributed by atoms with Crippen molar-refractivity contribution in [2.75, 3.05) is 5.32 Å². The fraction of sp³-hybridized carbons (Fsp3) is 0.316. The average molecular weight is 393 g/mol. The van der Waals surface area contributed by atoms with Crippen LogP contribution in [0.25, 0.3) is 0 Å². The van der Waals surface area contributed by atoms with Gasteiger partial charge in [-0.15, -0.1) is 0 Å². The first-order valence-corrected chi connectivity index (χ1v) is 10.5. The summed E-state index contributed by atoms with van der Waals surface area (Å²) >= 11 is 6.01. The van der Waals surface area contributed by atoms with E-state index < -0.39 is 10.0 Å². The summed E-state index contributed by atoms with van der Waals surface area (Å²) in [5.41, 5.74) is 0.872. The Balaban J connectivity index is 1.68. The maximum Gasteiger partial charge on any atom is 0.257 e. The summed E-state index contributed by atoms with van der Waals surface area (Å²) in [7, 11) is -3.55. The van der Waals surface area contributed by atoms with Gasteiger partial charge >= 0.3 is 0 Å². The third-order valence-electron chi connectivity index (χ3n) is 4.47. The number of carbonyl (C=O) groups is 1. The molecule has 0 spiro atoms. The number of rotatable bonds is 5. The van der Waals surface area contributed by atoms with E-state index in [2.05, 4.69) is 10.0 Å². The topological polar surface area (TPSA) is 75.3 Å². The van der Waals surface area contributed by atoms with Gasteiger partial charge in [-0.05, 0) is 49.2 Å². The lowest BCUT2D eigenvalue weighted by molar-refractivity contribution is 0.102. The zero-order valence-electron chi connectivity index (χ0n) is 14.2. The number of hydrogen-bond acceptors (Lipinski definition) is 3. The molecule has 1 aliphatic rings. The highest BCUT2D eigenvalue weighted by Crippen LogP contribution is 2.21. The summed E-state index contributed by atoms with van der Waals surface area (Å²) in [5.74, 6) is -0.341. The van der Waals surface area contributed by atoms with E-state index in [0.717, 1.165) is 32.1 Å². The Morgan fingerprint density at radius 1 is 0.962 bits per heavy atom. The largest absolute Gasteiger partial charge is 0.322 e. The number of carbonyl (C=O) groups excluding carboxylic acids is 1. The quantitative estimate of drug-likeness (QED) is 0.800. The van der Waals surface area contributed by atoms with Crippen LogP contribution in [0.4, 0.5) is 5.69 Å². The molecule has 0 saturated heterocycles. The van der Waals surface area contributed by atoms with Gasteiger partial charge in [0.1, 0.15) is 0 Å². The SMILES string of the molecule is O=C(Nc1ccc(S(=O)(=O)NC2CCCCC2)cc1)c1ccccc1Cl. The number of halogens is 1. The standard InChI is InChI=1S/C19H21ClN2O3S/c20-18-9-5-4-8-17(18)19(23)21-14-10-12-16(13-11-14)26(24,25)22-15-6-2-1-3-7-15/h4-5,8-13,15,22H,1-3,6-7H2,(H,21,23). The minimum absolute atomic E-state index is 0.00773. The van der Waals surface area contributed by atoms with Crippen LogP contribution in [0.3, 0.4) is 0 Å². The smallest absolute Gasteiger partial charge is 0.257 e. The Hall–Kier alpha value is -1.89. The van der Waals surface area contributed by atoms with Gasteiger partial charge in [-0.1, -0.05) is 43.0 Å². The molecule has 1 saturated carbocycles. The first-order chi connectivity index (χ1) is 12.5. The molecule has 5 nitrogen and oxygen atoms in total. The third-order valence-corrected chi connectivity index (χ3v) is 6.33. The predicted molar refractivity (Wildman–Crippen MR) is 103 cm³/mol. The minimum atomic E-state index is -3.55. The lowest BCUT2D eigenvalue weighted by atomic mass is 9.96. The van der Waals surface area contributed by atoms with Crippen molar-refractivity contribution < 1.29 is 13.2 Å². The van der Waals surface area contributed by atoms with Crippen LogP contribution in [-0.2, 0) is 10.0 Å². The van der Waals surface area contributed by atoms with E-state index in [9.17, 15) is 13.2 Å². The Morgan fingerprint density at radius 2 is 1.62 bits per heavy atom. The highest BCUT2D eigenvalue weighted by atomic mass is 35.5. The third kappa shape index (κ3) is 4.63. The minimum Gasteiger partial charge on any atom is -0.322 e. The van der Waals surface area contributed by atoms with Crippen LogP contribution < -0.4 is 10.0 Å². The highest BCUT2D eigenvalue weighted by molar-refractivity contribution is 7.89. The number of sulfonamides is 1. The number of nitrogens with one attached hydrogen (secondary N) is 2. The number of amides is 1. The van der Waals surface area contributed by atoms with Crippen LogP contribution in [0.5, 0.6) is 0 Å². The lowest BCUT2D eigenvalue weighted by Gasteiger charge is -2.22. The fourth-order valence-corrected chi connectivity index (χ4v) is 4.60. The molecular weight excluding hydrogens is 372 g/mol. The van der Waals surface area contributed by atoms with Crippen molar-refractivity contribution in [3.8, 4) is 0 Å². The molecule has 1 amide bonds. The number of benzene rings is 2. The summed E-state index contributed by atoms with van der Waals surface area (Å²) in [5, 5.41) is 3.08. The Bertz CT molecular complexity index is 876. The molecule has 26 heavy (non-hydrogen) atoms. The van der Waals surface area contributed by atoms with E-state index in [1.165, 1.54) is 12.1 Å². The van der Waals surface area contributed by atoms with Gasteiger partial charge in [0.05, 0.1) is 15.5 Å². The predicted octanol–water partition coefficient (Wildman–Crippen LogP) is 4.20. The second-order valence-corrected chi connectivity index (χ2v) is 8.54. The van der Waals surface area contributed by atoms with Crippen LogP contribution in [0, 0.1) is 0 Å². The molecule has 0 radical (unpaired) electrons. The van der Waals surface area contributed by atoms with Gasteiger partial charge in [0.15, 0.2) is 0 Å². The van der Waals surface area contributed by atoms with Gasteiger partial charge in [-0.25, -0.2) is 13.1 Å². The Kier molecular flexibility index (Phi) is 5.96. The zero-order chi connectivity index (χ0) is 18.6. The van der Waals surface area contributed by atoms with Crippen LogP contribution in [-0.4, -0.2) is 20.4 Å². The summed E-state index contributed by atoms with van der Waals surface area (Å²) in [6, 6.07) is 12.9. The molecule has 1 fully saturated rings. The van der Waals surface area contributed by atoms with Gasteiger partial charge in [-0.3, -0.25) is 4.79 Å². The van der Waals surface area contributed by atoms with Crippen LogP contribution >= 0.6 is 11.6 Å². The summed E-state index contributed by atoms with van der Waals surface area (Å²) in [6.07, 6.45) is 5.04. The van der Waals surface area contributed by atoms with Gasteiger partial charge in [0.2, 0.25) is 10.0 Å². The van der Waals surface area contributed by atoms with E-state index in [0.29, 0.717) is 16.3 Å². The molecule has 0 atom stereocenters. The molecule has 7 heteroatoms. The molecule has 2 N–H and O–H groups in total. The molecule has 0 unspecified atom stereocenters. The first-order valence-electron chi connectivity index (χ1n) is 8.64. The maximum absolute atomic E-state index is 12.5. The Labute approximate surface area is 158 Å². The maximum atomic E-state index is 12.5. The normalized spacial score (nSPS) is 15.6. The van der Waals surface area contributed by atoms with Crippen molar-refractivity contribution in [1.29, 1.82) is 0 Å². The molecule has 138 valence electrons. The van der Waals surface area contributed by atoms with Crippen molar-refractivity contribution in [1.82, 2.24) is 4.72 Å². The van der Waals surface area contributed by atoms with Gasteiger partial charge in [0.25, 0.3) is 5.91 Å². The second-order valence-electron chi connectivity index (χ2n) is 6.41. The molecule has 2 aromatic carbocycles. The molecule has 0 aliphatic heterocycles. The van der Waals surface area contributed by atoms with Gasteiger partial charge < -0.3 is 5.32 Å². The van der Waals surface area contributed by atoms with E-state index in [1.807, 2.05) is 0 Å². The molecule has 1 aliphatic carbocycles. The number of anilines is 1. The van der Waals surface area contributed by atoms with E-state index >= 15 is 0 Å². The van der Waals surface area contributed by atoms with Crippen molar-refractivity contribution in [2.45, 2.75) is 43.0 Å². The average Bonchev–Trinajstić information content (AvgIpc) is 2.63. The Morgan fingerprint density at radius 3 is 2.27 bits per heavy atom. The van der Waals surface area contributed by atoms with Crippen molar-refractivity contribution in [3.63, 3.8) is 0 Å². The van der Waals surface area contributed by atoms with Crippen LogP contribution in [0.15, 0.2) is 53.4 Å². The summed E-state index contributed by atoms with van der Waals surface area (Å²) in [6.45, 7) is 0. The molecule has 0 bridgehead atoms. The van der Waals surface area contributed by atoms with Crippen molar-refractivity contribution >= 4 is 33.2 Å². The molecule has 2 aromatic rings. The van der Waals surface area contributed by atoms with Crippen LogP contribution in [0.1, 0.15) is 42.5 Å². The highest BCUT2D eigenvalue weighted by Gasteiger charge is 2.21. The molecule has 3 rings (SSSR count). The van der Waals surface area contributed by atoms with Gasteiger partial charge in [-0.2, -0.15) is 0 Å². The number of hydrogen-bond donors (Lipinski definition) is 2. The zero-order valence-corrected chi connectivity index (χ0v) is 15.8. The van der Waals surface area contributed by atoms with Gasteiger partial charge in [0, 0.05) is 11.7 Å². The van der Waals surface area contributed by atoms with E-state index in [1.54, 1.807) is 36.4 Å². The van der Waals surface area contributed by atoms with E-state index in [4.69, 9.17) is 11.6 Å². The van der Waals surface area contributed by atoms with Crippen molar-refractivity contribution in [3.05, 3.63) is 59.1 Å². The molecule has 0 aromatic heterocycles. The molecular formula is C19H21ClN2O3S. The monoisotopic (exact) mass is 392 g/mol. The van der Waals surface area contributed by atoms with Crippen LogP contribution in [0.2, 0.25) is 5.02 Å². The first kappa shape index (κ1) is 18.9. The lowest BCUT2D eigenvalue weighted by Crippen LogP contribution is -2.36. The molecule has 0 heterocycles. The van der Waals surface area contributed by atoms with Crippen molar-refractivity contribution in [2.24, 2.45) is 0 Å².